The number of aromatic nitrogens is 1. The van der Waals surface area contributed by atoms with Crippen LogP contribution in [0, 0.1) is 11.3 Å². The summed E-state index contributed by atoms with van der Waals surface area (Å²) in [5.74, 6) is 0.330. The van der Waals surface area contributed by atoms with Gasteiger partial charge in [-0.2, -0.15) is 5.26 Å². The van der Waals surface area contributed by atoms with Gasteiger partial charge >= 0.3 is 0 Å². The smallest absolute Gasteiger partial charge is 0.144 e. The van der Waals surface area contributed by atoms with Gasteiger partial charge in [-0.3, -0.25) is 0 Å². The molecule has 0 aliphatic carbocycles. The molecule has 2 rings (SSSR count). The molecule has 1 aromatic carbocycles. The monoisotopic (exact) mass is 196 g/mol. The molecule has 0 aliphatic rings. The highest BCUT2D eigenvalue weighted by Crippen LogP contribution is 2.22. The van der Waals surface area contributed by atoms with Crippen molar-refractivity contribution in [2.75, 3.05) is 0 Å². The highest BCUT2D eigenvalue weighted by Gasteiger charge is 2.08. The topological polar surface area (TPSA) is 36.7 Å². The Morgan fingerprint density at radius 2 is 2.00 bits per heavy atom. The van der Waals surface area contributed by atoms with E-state index >= 15 is 0 Å². The Hall–Kier alpha value is -1.88. The normalized spacial score (nSPS) is 10.5. The van der Waals surface area contributed by atoms with Gasteiger partial charge in [-0.1, -0.05) is 32.0 Å². The third kappa shape index (κ3) is 1.69. The zero-order valence-corrected chi connectivity index (χ0v) is 8.86. The van der Waals surface area contributed by atoms with E-state index in [0.717, 1.165) is 16.5 Å². The van der Waals surface area contributed by atoms with Crippen molar-refractivity contribution in [3.05, 3.63) is 41.6 Å². The summed E-state index contributed by atoms with van der Waals surface area (Å²) < 4.78 is 0. The van der Waals surface area contributed by atoms with Crippen molar-refractivity contribution in [2.24, 2.45) is 0 Å². The van der Waals surface area contributed by atoms with Gasteiger partial charge in [0.15, 0.2) is 0 Å². The number of rotatable bonds is 1. The number of pyridine rings is 1. The van der Waals surface area contributed by atoms with Crippen LogP contribution in [0.1, 0.15) is 31.0 Å². The molecule has 0 amide bonds. The quantitative estimate of drug-likeness (QED) is 0.702. The van der Waals surface area contributed by atoms with E-state index in [-0.39, 0.29) is 0 Å². The standard InChI is InChI=1S/C13H12N2/c1-9(2)11-7-10-5-3-4-6-12(10)15-13(11)8-14/h3-7,9H,1-2H3. The van der Waals surface area contributed by atoms with Crippen LogP contribution in [0.5, 0.6) is 0 Å². The van der Waals surface area contributed by atoms with Gasteiger partial charge in [0, 0.05) is 5.39 Å². The first-order valence-corrected chi connectivity index (χ1v) is 5.02. The molecular formula is C13H12N2. The number of fused-ring (bicyclic) bond motifs is 1. The highest BCUT2D eigenvalue weighted by atomic mass is 14.7. The van der Waals surface area contributed by atoms with E-state index in [9.17, 15) is 0 Å². The summed E-state index contributed by atoms with van der Waals surface area (Å²) in [5.41, 5.74) is 2.46. The van der Waals surface area contributed by atoms with Gasteiger partial charge in [-0.25, -0.2) is 4.98 Å². The molecule has 0 bridgehead atoms. The molecule has 2 aromatic rings. The van der Waals surface area contributed by atoms with Crippen molar-refractivity contribution < 1.29 is 0 Å². The minimum Gasteiger partial charge on any atom is -0.237 e. The van der Waals surface area contributed by atoms with Crippen LogP contribution < -0.4 is 0 Å². The average molecular weight is 196 g/mol. The molecule has 2 heteroatoms. The van der Waals surface area contributed by atoms with Crippen molar-refractivity contribution in [1.82, 2.24) is 4.98 Å². The van der Waals surface area contributed by atoms with Gasteiger partial charge in [-0.15, -0.1) is 0 Å². The van der Waals surface area contributed by atoms with Crippen LogP contribution in [0.4, 0.5) is 0 Å². The Balaban J connectivity index is 2.76. The number of nitrogens with zero attached hydrogens (tertiary/aromatic N) is 2. The first-order chi connectivity index (χ1) is 7.22. The second-order valence-electron chi connectivity index (χ2n) is 3.89. The first-order valence-electron chi connectivity index (χ1n) is 5.02. The van der Waals surface area contributed by atoms with Crippen LogP contribution in [0.2, 0.25) is 0 Å². The third-order valence-electron chi connectivity index (χ3n) is 2.48. The fourth-order valence-electron chi connectivity index (χ4n) is 1.66. The molecule has 2 nitrogen and oxygen atoms in total. The van der Waals surface area contributed by atoms with E-state index in [4.69, 9.17) is 5.26 Å². The minimum atomic E-state index is 0.330. The maximum absolute atomic E-state index is 9.01. The molecule has 0 N–H and O–H groups in total. The van der Waals surface area contributed by atoms with E-state index in [1.54, 1.807) is 0 Å². The molecular weight excluding hydrogens is 184 g/mol. The zero-order valence-electron chi connectivity index (χ0n) is 8.86. The summed E-state index contributed by atoms with van der Waals surface area (Å²) in [4.78, 5) is 4.35. The second-order valence-corrected chi connectivity index (χ2v) is 3.89. The van der Waals surface area contributed by atoms with Gasteiger partial charge in [0.05, 0.1) is 5.52 Å². The fraction of sp³-hybridized carbons (Fsp3) is 0.231. The third-order valence-corrected chi connectivity index (χ3v) is 2.48. The van der Waals surface area contributed by atoms with Crippen molar-refractivity contribution in [1.29, 1.82) is 5.26 Å². The predicted octanol–water partition coefficient (Wildman–Crippen LogP) is 3.23. The van der Waals surface area contributed by atoms with E-state index in [1.165, 1.54) is 0 Å². The molecule has 0 radical (unpaired) electrons. The molecule has 0 saturated heterocycles. The van der Waals surface area contributed by atoms with Crippen LogP contribution in [-0.4, -0.2) is 4.98 Å². The lowest BCUT2D eigenvalue weighted by molar-refractivity contribution is 0.856. The molecule has 0 unspecified atom stereocenters. The predicted molar refractivity (Wildman–Crippen MR) is 60.5 cm³/mol. The molecule has 0 fully saturated rings. The summed E-state index contributed by atoms with van der Waals surface area (Å²) in [6, 6.07) is 12.1. The molecule has 15 heavy (non-hydrogen) atoms. The molecule has 1 aromatic heterocycles. The van der Waals surface area contributed by atoms with E-state index in [2.05, 4.69) is 31.0 Å². The Labute approximate surface area is 89.2 Å². The van der Waals surface area contributed by atoms with Gasteiger partial charge in [0.25, 0.3) is 0 Å². The van der Waals surface area contributed by atoms with Crippen molar-refractivity contribution in [3.8, 4) is 6.07 Å². The highest BCUT2D eigenvalue weighted by molar-refractivity contribution is 5.80. The number of para-hydroxylation sites is 1. The molecule has 0 saturated carbocycles. The van der Waals surface area contributed by atoms with Crippen LogP contribution >= 0.6 is 0 Å². The minimum absolute atomic E-state index is 0.330. The van der Waals surface area contributed by atoms with E-state index in [0.29, 0.717) is 11.6 Å². The molecule has 0 spiro atoms. The Bertz CT molecular complexity index is 536. The van der Waals surface area contributed by atoms with Crippen molar-refractivity contribution in [2.45, 2.75) is 19.8 Å². The van der Waals surface area contributed by atoms with Gasteiger partial charge in [0.2, 0.25) is 0 Å². The van der Waals surface area contributed by atoms with E-state index < -0.39 is 0 Å². The lowest BCUT2D eigenvalue weighted by atomic mass is 10.00. The summed E-state index contributed by atoms with van der Waals surface area (Å²) in [7, 11) is 0. The van der Waals surface area contributed by atoms with Crippen LogP contribution in [0.3, 0.4) is 0 Å². The van der Waals surface area contributed by atoms with Gasteiger partial charge < -0.3 is 0 Å². The molecule has 74 valence electrons. The number of hydrogen-bond acceptors (Lipinski definition) is 2. The summed E-state index contributed by atoms with van der Waals surface area (Å²) >= 11 is 0. The maximum atomic E-state index is 9.01. The number of benzene rings is 1. The summed E-state index contributed by atoms with van der Waals surface area (Å²) in [5, 5.41) is 10.1. The lowest BCUT2D eigenvalue weighted by Crippen LogP contribution is -1.96. The Morgan fingerprint density at radius 1 is 1.27 bits per heavy atom. The van der Waals surface area contributed by atoms with Crippen LogP contribution in [0.25, 0.3) is 10.9 Å². The lowest BCUT2D eigenvalue weighted by Gasteiger charge is -2.08. The SMILES string of the molecule is CC(C)c1cc2ccccc2nc1C#N. The number of nitriles is 1. The average Bonchev–Trinajstić information content (AvgIpc) is 2.27. The first kappa shape index (κ1) is 9.67. The molecule has 1 heterocycles. The fourth-order valence-corrected chi connectivity index (χ4v) is 1.66. The molecule has 0 aliphatic heterocycles. The van der Waals surface area contributed by atoms with Crippen LogP contribution in [-0.2, 0) is 0 Å². The largest absolute Gasteiger partial charge is 0.237 e. The summed E-state index contributed by atoms with van der Waals surface area (Å²) in [6.07, 6.45) is 0. The van der Waals surface area contributed by atoms with Crippen molar-refractivity contribution in [3.63, 3.8) is 0 Å². The van der Waals surface area contributed by atoms with Crippen LogP contribution in [0.15, 0.2) is 30.3 Å². The molecule has 0 atom stereocenters. The van der Waals surface area contributed by atoms with Gasteiger partial charge in [-0.05, 0) is 23.6 Å². The Morgan fingerprint density at radius 3 is 2.67 bits per heavy atom. The van der Waals surface area contributed by atoms with Gasteiger partial charge in [0.1, 0.15) is 11.8 Å². The second kappa shape index (κ2) is 3.70. The van der Waals surface area contributed by atoms with E-state index in [1.807, 2.05) is 24.3 Å². The number of hydrogen-bond donors (Lipinski definition) is 0. The maximum Gasteiger partial charge on any atom is 0.144 e. The Kier molecular flexibility index (Phi) is 2.39. The zero-order chi connectivity index (χ0) is 10.8. The summed E-state index contributed by atoms with van der Waals surface area (Å²) in [6.45, 7) is 4.15. The van der Waals surface area contributed by atoms with Crippen molar-refractivity contribution >= 4 is 10.9 Å².